The predicted molar refractivity (Wildman–Crippen MR) is 377 cm³/mol. The van der Waals surface area contributed by atoms with Gasteiger partial charge < -0.3 is 33.8 Å². The molecule has 19 heteroatoms. The summed E-state index contributed by atoms with van der Waals surface area (Å²) in [5.41, 5.74) is 0. The third-order valence-electron chi connectivity index (χ3n) is 17.5. The predicted octanol–water partition coefficient (Wildman–Crippen LogP) is 21.4. The number of esters is 4. The van der Waals surface area contributed by atoms with Crippen molar-refractivity contribution in [2.75, 3.05) is 39.6 Å². The third-order valence-corrected chi connectivity index (χ3v) is 19.4. The maximum atomic E-state index is 13.1. The molecule has 0 saturated heterocycles. The monoisotopic (exact) mass is 1370 g/mol. The SMILES string of the molecule is CCCCCCCCCCCCCCCCCC(=O)OC[C@H](COP(=O)(O)OC[C@@H](O)COP(=O)(O)OC[C@@H](COC(=O)CCCCCCCCC(C)C)OC(=O)CCCCCCCCCCC(C)C)OC(=O)CCCCCCCCCCCCCCCCC(C)CC. The number of carbonyl (C=O) groups is 4. The third kappa shape index (κ3) is 67.0. The lowest BCUT2D eigenvalue weighted by Crippen LogP contribution is -2.30. The van der Waals surface area contributed by atoms with Crippen LogP contribution in [0.4, 0.5) is 0 Å². The zero-order valence-electron chi connectivity index (χ0n) is 60.7. The Morgan fingerprint density at radius 3 is 0.817 bits per heavy atom. The molecule has 3 unspecified atom stereocenters. The number of aliphatic hydroxyl groups excluding tert-OH is 1. The van der Waals surface area contributed by atoms with Crippen LogP contribution in [0.25, 0.3) is 0 Å². The van der Waals surface area contributed by atoms with Gasteiger partial charge in [-0.25, -0.2) is 9.13 Å². The second-order valence-electron chi connectivity index (χ2n) is 27.9. The molecule has 0 radical (unpaired) electrons. The summed E-state index contributed by atoms with van der Waals surface area (Å²) in [5, 5.41) is 10.6. The van der Waals surface area contributed by atoms with Crippen molar-refractivity contribution < 1.29 is 80.2 Å². The second kappa shape index (κ2) is 64.7. The molecular weight excluding hydrogens is 1220 g/mol. The topological polar surface area (TPSA) is 237 Å². The molecule has 0 fully saturated rings. The van der Waals surface area contributed by atoms with Crippen LogP contribution in [-0.2, 0) is 65.4 Å². The van der Waals surface area contributed by atoms with Crippen molar-refractivity contribution in [1.82, 2.24) is 0 Å². The first-order chi connectivity index (χ1) is 44.8. The average Bonchev–Trinajstić information content (AvgIpc) is 1.93. The van der Waals surface area contributed by atoms with Crippen LogP contribution in [0.3, 0.4) is 0 Å². The van der Waals surface area contributed by atoms with Crippen LogP contribution in [0, 0.1) is 17.8 Å². The van der Waals surface area contributed by atoms with Crippen molar-refractivity contribution in [2.24, 2.45) is 17.8 Å². The van der Waals surface area contributed by atoms with Gasteiger partial charge in [0.05, 0.1) is 26.4 Å². The molecule has 0 saturated carbocycles. The molecular formula is C74H144O17P2. The van der Waals surface area contributed by atoms with Crippen molar-refractivity contribution >= 4 is 39.5 Å². The molecule has 0 rings (SSSR count). The Morgan fingerprint density at radius 1 is 0.312 bits per heavy atom. The van der Waals surface area contributed by atoms with Crippen molar-refractivity contribution in [1.29, 1.82) is 0 Å². The van der Waals surface area contributed by atoms with Crippen LogP contribution in [0.1, 0.15) is 376 Å². The van der Waals surface area contributed by atoms with E-state index in [0.717, 1.165) is 108 Å². The minimum absolute atomic E-state index is 0.103. The van der Waals surface area contributed by atoms with E-state index >= 15 is 0 Å². The summed E-state index contributed by atoms with van der Waals surface area (Å²) in [5.74, 6) is 0.120. The summed E-state index contributed by atoms with van der Waals surface area (Å²) >= 11 is 0. The Bertz CT molecular complexity index is 1820. The number of ether oxygens (including phenoxy) is 4. The van der Waals surface area contributed by atoms with Crippen molar-refractivity contribution in [3.63, 3.8) is 0 Å². The highest BCUT2D eigenvalue weighted by molar-refractivity contribution is 7.47. The Morgan fingerprint density at radius 2 is 0.548 bits per heavy atom. The molecule has 0 heterocycles. The summed E-state index contributed by atoms with van der Waals surface area (Å²) in [6, 6.07) is 0. The zero-order chi connectivity index (χ0) is 68.7. The van der Waals surface area contributed by atoms with Gasteiger partial charge in [0.15, 0.2) is 12.2 Å². The first-order valence-electron chi connectivity index (χ1n) is 38.4. The quantitative estimate of drug-likeness (QED) is 0.0222. The molecule has 0 aliphatic rings. The van der Waals surface area contributed by atoms with Crippen molar-refractivity contribution in [3.05, 3.63) is 0 Å². The fourth-order valence-corrected chi connectivity index (χ4v) is 12.8. The van der Waals surface area contributed by atoms with Gasteiger partial charge in [0, 0.05) is 25.7 Å². The number of phosphoric ester groups is 2. The lowest BCUT2D eigenvalue weighted by Gasteiger charge is -2.21. The number of rotatable bonds is 72. The van der Waals surface area contributed by atoms with Gasteiger partial charge in [-0.1, -0.05) is 325 Å². The summed E-state index contributed by atoms with van der Waals surface area (Å²) in [6.45, 7) is 11.8. The molecule has 552 valence electrons. The normalized spacial score (nSPS) is 14.4. The van der Waals surface area contributed by atoms with E-state index in [1.807, 2.05) is 0 Å². The smallest absolute Gasteiger partial charge is 0.462 e. The van der Waals surface area contributed by atoms with Crippen molar-refractivity contribution in [2.45, 2.75) is 394 Å². The van der Waals surface area contributed by atoms with Crippen LogP contribution in [0.5, 0.6) is 0 Å². The minimum atomic E-state index is -4.96. The highest BCUT2D eigenvalue weighted by Crippen LogP contribution is 2.45. The Kier molecular flexibility index (Phi) is 63.4. The Labute approximate surface area is 568 Å². The van der Waals surface area contributed by atoms with E-state index in [9.17, 15) is 43.2 Å². The van der Waals surface area contributed by atoms with Gasteiger partial charge in [-0.15, -0.1) is 0 Å². The van der Waals surface area contributed by atoms with E-state index < -0.39 is 97.5 Å². The summed E-state index contributed by atoms with van der Waals surface area (Å²) in [7, 11) is -9.91. The lowest BCUT2D eigenvalue weighted by atomic mass is 9.99. The molecule has 0 bridgehead atoms. The van der Waals surface area contributed by atoms with Gasteiger partial charge in [0.1, 0.15) is 19.3 Å². The van der Waals surface area contributed by atoms with E-state index in [0.29, 0.717) is 31.6 Å². The number of hydrogen-bond acceptors (Lipinski definition) is 15. The van der Waals surface area contributed by atoms with Gasteiger partial charge in [0.25, 0.3) is 0 Å². The molecule has 0 spiro atoms. The maximum absolute atomic E-state index is 13.1. The average molecular weight is 1370 g/mol. The standard InChI is InChI=1S/C74H144O17P2/c1-8-10-11-12-13-14-15-16-17-21-24-27-33-41-48-55-71(76)84-61-69(90-73(78)57-50-43-34-28-25-22-19-18-20-23-26-32-40-47-54-67(7)9-2)63-88-92(80,81)86-59-68(75)60-87-93(82,83)89-64-70(62-85-72(77)56-49-42-37-36-39-46-53-66(5)6)91-74(79)58-51-44-35-30-29-31-38-45-52-65(3)4/h65-70,75H,8-64H2,1-7H3,(H,80,81)(H,82,83)/t67?,68-,69-,70-/m1/s1. The van der Waals surface area contributed by atoms with Crippen LogP contribution in [0.15, 0.2) is 0 Å². The number of aliphatic hydroxyl groups is 1. The van der Waals surface area contributed by atoms with Gasteiger partial charge in [-0.2, -0.15) is 0 Å². The number of carbonyl (C=O) groups excluding carboxylic acids is 4. The highest BCUT2D eigenvalue weighted by Gasteiger charge is 2.30. The summed E-state index contributed by atoms with van der Waals surface area (Å²) in [4.78, 5) is 72.7. The van der Waals surface area contributed by atoms with E-state index in [1.165, 1.54) is 180 Å². The molecule has 0 aromatic heterocycles. The molecule has 0 aromatic carbocycles. The highest BCUT2D eigenvalue weighted by atomic mass is 31.2. The molecule has 3 N–H and O–H groups in total. The van der Waals surface area contributed by atoms with Gasteiger partial charge >= 0.3 is 39.5 Å². The van der Waals surface area contributed by atoms with Crippen LogP contribution >= 0.6 is 15.6 Å². The number of unbranched alkanes of at least 4 members (excludes halogenated alkanes) is 39. The van der Waals surface area contributed by atoms with Gasteiger partial charge in [-0.05, 0) is 43.4 Å². The van der Waals surface area contributed by atoms with E-state index in [-0.39, 0.29) is 25.7 Å². The fraction of sp³-hybridized carbons (Fsp3) is 0.946. The molecule has 0 aliphatic heterocycles. The number of phosphoric acid groups is 2. The molecule has 93 heavy (non-hydrogen) atoms. The first kappa shape index (κ1) is 91.1. The van der Waals surface area contributed by atoms with Crippen LogP contribution in [-0.4, -0.2) is 96.7 Å². The Hall–Kier alpha value is -1.94. The lowest BCUT2D eigenvalue weighted by molar-refractivity contribution is -0.161. The Balaban J connectivity index is 5.23. The van der Waals surface area contributed by atoms with Gasteiger partial charge in [0.2, 0.25) is 0 Å². The first-order valence-corrected chi connectivity index (χ1v) is 41.4. The van der Waals surface area contributed by atoms with E-state index in [2.05, 4.69) is 48.5 Å². The second-order valence-corrected chi connectivity index (χ2v) is 30.8. The van der Waals surface area contributed by atoms with Gasteiger partial charge in [-0.3, -0.25) is 37.3 Å². The molecule has 6 atom stereocenters. The largest absolute Gasteiger partial charge is 0.472 e. The minimum Gasteiger partial charge on any atom is -0.462 e. The van der Waals surface area contributed by atoms with Crippen molar-refractivity contribution in [3.8, 4) is 0 Å². The van der Waals surface area contributed by atoms with E-state index in [4.69, 9.17) is 37.0 Å². The molecule has 17 nitrogen and oxygen atoms in total. The van der Waals surface area contributed by atoms with Crippen LogP contribution < -0.4 is 0 Å². The summed E-state index contributed by atoms with van der Waals surface area (Å²) in [6.07, 6.45) is 50.1. The summed E-state index contributed by atoms with van der Waals surface area (Å²) < 4.78 is 68.4. The fourth-order valence-electron chi connectivity index (χ4n) is 11.2. The zero-order valence-corrected chi connectivity index (χ0v) is 62.5. The van der Waals surface area contributed by atoms with Crippen LogP contribution in [0.2, 0.25) is 0 Å². The molecule has 0 amide bonds. The number of hydrogen-bond donors (Lipinski definition) is 3. The molecule has 0 aliphatic carbocycles. The van der Waals surface area contributed by atoms with E-state index in [1.54, 1.807) is 0 Å². The maximum Gasteiger partial charge on any atom is 0.472 e. The molecule has 0 aromatic rings.